The topological polar surface area (TPSA) is 46.5 Å². The van der Waals surface area contributed by atoms with E-state index in [1.165, 1.54) is 0 Å². The molecule has 44 valence electrons. The maximum atomic E-state index is 9.53. The molecule has 1 N–H and O–H groups in total. The van der Waals surface area contributed by atoms with Gasteiger partial charge in [0.05, 0.1) is 0 Å². The Balaban J connectivity index is 0. The molecular weight excluding hydrogens is 183 g/mol. The van der Waals surface area contributed by atoms with E-state index in [-0.39, 0.29) is 17.0 Å². The molecule has 0 aliphatic rings. The highest BCUT2D eigenvalue weighted by atomic mass is 79.9. The lowest BCUT2D eigenvalue weighted by atomic mass is 10.9. The fourth-order valence-electron chi connectivity index (χ4n) is 0.110. The minimum Gasteiger partial charge on any atom is -0.133 e. The standard InChI is InChI=1S/C2H5O3P.BrH/c1-2-5-6(3)4;/h2H2,1H3;1H/p+1. The average molecular weight is 190 g/mol. The molecule has 0 aliphatic carbocycles. The van der Waals surface area contributed by atoms with Gasteiger partial charge in [-0.3, -0.25) is 0 Å². The molecule has 0 saturated carbocycles. The van der Waals surface area contributed by atoms with Crippen molar-refractivity contribution in [3.8, 4) is 0 Å². The zero-order valence-electron chi connectivity index (χ0n) is 3.83. The third-order valence-electron chi connectivity index (χ3n) is 0.240. The quantitative estimate of drug-likeness (QED) is 0.666. The first kappa shape index (κ1) is 10.5. The molecular formula is C2H7BrO3P+. The largest absolute Gasteiger partial charge is 0.694 e. The summed E-state index contributed by atoms with van der Waals surface area (Å²) in [6.07, 6.45) is 0. The average Bonchev–Trinajstić information content (AvgIpc) is 1.35. The molecule has 0 saturated heterocycles. The highest BCUT2D eigenvalue weighted by Crippen LogP contribution is 2.12. The van der Waals surface area contributed by atoms with Crippen LogP contribution in [0.5, 0.6) is 0 Å². The van der Waals surface area contributed by atoms with Crippen LogP contribution >= 0.6 is 25.2 Å². The van der Waals surface area contributed by atoms with Crippen molar-refractivity contribution in [2.75, 3.05) is 6.61 Å². The first-order valence-corrected chi connectivity index (χ1v) is 2.69. The van der Waals surface area contributed by atoms with Crippen molar-refractivity contribution in [3.05, 3.63) is 0 Å². The zero-order valence-corrected chi connectivity index (χ0v) is 6.43. The highest BCUT2D eigenvalue weighted by molar-refractivity contribution is 8.93. The Labute approximate surface area is 53.4 Å². The molecule has 0 spiro atoms. The Morgan fingerprint density at radius 2 is 2.29 bits per heavy atom. The van der Waals surface area contributed by atoms with Crippen LogP contribution in [0.15, 0.2) is 0 Å². The molecule has 0 radical (unpaired) electrons. The lowest BCUT2D eigenvalue weighted by molar-refractivity contribution is 0.297. The van der Waals surface area contributed by atoms with Gasteiger partial charge in [-0.1, -0.05) is 0 Å². The Bertz CT molecular complexity index is 56.9. The van der Waals surface area contributed by atoms with Crippen molar-refractivity contribution in [3.63, 3.8) is 0 Å². The van der Waals surface area contributed by atoms with Crippen LogP contribution in [-0.2, 0) is 9.09 Å². The van der Waals surface area contributed by atoms with Gasteiger partial charge in [0, 0.05) is 4.57 Å². The van der Waals surface area contributed by atoms with E-state index in [2.05, 4.69) is 4.52 Å². The van der Waals surface area contributed by atoms with Crippen LogP contribution in [0.25, 0.3) is 0 Å². The van der Waals surface area contributed by atoms with Gasteiger partial charge >= 0.3 is 8.25 Å². The molecule has 3 nitrogen and oxygen atoms in total. The second-order valence-corrected chi connectivity index (χ2v) is 1.39. The van der Waals surface area contributed by atoms with Crippen molar-refractivity contribution >= 4 is 25.2 Å². The van der Waals surface area contributed by atoms with Crippen LogP contribution < -0.4 is 0 Å². The van der Waals surface area contributed by atoms with Gasteiger partial charge in [0.1, 0.15) is 6.61 Å². The first-order valence-electron chi connectivity index (χ1n) is 1.56. The molecule has 7 heavy (non-hydrogen) atoms. The minimum atomic E-state index is -2.35. The van der Waals surface area contributed by atoms with E-state index in [0.717, 1.165) is 0 Å². The maximum absolute atomic E-state index is 9.53. The van der Waals surface area contributed by atoms with E-state index in [9.17, 15) is 4.57 Å². The SMILES string of the molecule is Br.CCO[P+](=O)O. The summed E-state index contributed by atoms with van der Waals surface area (Å²) in [5.74, 6) is 0. The summed E-state index contributed by atoms with van der Waals surface area (Å²) in [5, 5.41) is 0. The summed E-state index contributed by atoms with van der Waals surface area (Å²) in [5.41, 5.74) is 0. The Hall–Kier alpha value is 0.500. The molecule has 0 aromatic heterocycles. The van der Waals surface area contributed by atoms with Crippen LogP contribution in [0.2, 0.25) is 0 Å². The van der Waals surface area contributed by atoms with E-state index in [1.54, 1.807) is 6.92 Å². The number of rotatable bonds is 2. The van der Waals surface area contributed by atoms with Crippen molar-refractivity contribution in [1.82, 2.24) is 0 Å². The molecule has 5 heteroatoms. The van der Waals surface area contributed by atoms with Gasteiger partial charge in [0.25, 0.3) is 0 Å². The highest BCUT2D eigenvalue weighted by Gasteiger charge is 2.06. The fraction of sp³-hybridized carbons (Fsp3) is 1.00. The molecule has 0 aromatic carbocycles. The monoisotopic (exact) mass is 189 g/mol. The first-order chi connectivity index (χ1) is 2.77. The summed E-state index contributed by atoms with van der Waals surface area (Å²) < 4.78 is 13.6. The minimum absolute atomic E-state index is 0. The molecule has 1 atom stereocenters. The van der Waals surface area contributed by atoms with E-state index in [0.29, 0.717) is 6.61 Å². The van der Waals surface area contributed by atoms with Crippen LogP contribution in [0.3, 0.4) is 0 Å². The van der Waals surface area contributed by atoms with E-state index < -0.39 is 8.25 Å². The lowest BCUT2D eigenvalue weighted by Gasteiger charge is -1.68. The predicted octanol–water partition coefficient (Wildman–Crippen LogP) is 1.25. The molecule has 0 fully saturated rings. The third kappa shape index (κ3) is 10.7. The van der Waals surface area contributed by atoms with Crippen molar-refractivity contribution < 1.29 is 14.0 Å². The fourth-order valence-corrected chi connectivity index (χ4v) is 0.331. The van der Waals surface area contributed by atoms with Gasteiger partial charge in [0.15, 0.2) is 0 Å². The number of hydrogen-bond donors (Lipinski definition) is 1. The van der Waals surface area contributed by atoms with Crippen LogP contribution in [0.4, 0.5) is 0 Å². The van der Waals surface area contributed by atoms with Gasteiger partial charge < -0.3 is 0 Å². The molecule has 0 aromatic rings. The molecule has 0 bridgehead atoms. The second kappa shape index (κ2) is 6.50. The molecule has 1 unspecified atom stereocenters. The van der Waals surface area contributed by atoms with Gasteiger partial charge in [-0.2, -0.15) is 0 Å². The predicted molar refractivity (Wildman–Crippen MR) is 31.8 cm³/mol. The molecule has 0 heterocycles. The summed E-state index contributed by atoms with van der Waals surface area (Å²) in [7, 11) is -2.35. The van der Waals surface area contributed by atoms with Crippen LogP contribution in [-0.4, -0.2) is 11.5 Å². The summed E-state index contributed by atoms with van der Waals surface area (Å²) in [4.78, 5) is 7.84. The lowest BCUT2D eigenvalue weighted by Crippen LogP contribution is -1.72. The second-order valence-electron chi connectivity index (χ2n) is 0.656. The van der Waals surface area contributed by atoms with Crippen molar-refractivity contribution in [2.24, 2.45) is 0 Å². The van der Waals surface area contributed by atoms with E-state index in [1.807, 2.05) is 0 Å². The van der Waals surface area contributed by atoms with Gasteiger partial charge in [-0.05, 0) is 6.92 Å². The van der Waals surface area contributed by atoms with Gasteiger partial charge in [-0.15, -0.1) is 26.4 Å². The van der Waals surface area contributed by atoms with Gasteiger partial charge in [-0.25, -0.2) is 0 Å². The Morgan fingerprint density at radius 1 is 1.86 bits per heavy atom. The van der Waals surface area contributed by atoms with Crippen LogP contribution in [0.1, 0.15) is 6.92 Å². The van der Waals surface area contributed by atoms with Crippen molar-refractivity contribution in [2.45, 2.75) is 6.92 Å². The molecule has 0 amide bonds. The third-order valence-corrected chi connectivity index (χ3v) is 0.719. The molecule has 0 aliphatic heterocycles. The zero-order chi connectivity index (χ0) is 4.99. The number of halogens is 1. The number of hydrogen-bond acceptors (Lipinski definition) is 2. The summed E-state index contributed by atoms with van der Waals surface area (Å²) >= 11 is 0. The normalized spacial score (nSPS) is 9.71. The van der Waals surface area contributed by atoms with Crippen LogP contribution in [0, 0.1) is 0 Å². The van der Waals surface area contributed by atoms with E-state index in [4.69, 9.17) is 4.89 Å². The van der Waals surface area contributed by atoms with Crippen molar-refractivity contribution in [1.29, 1.82) is 0 Å². The smallest absolute Gasteiger partial charge is 0.133 e. The van der Waals surface area contributed by atoms with Gasteiger partial charge in [0.2, 0.25) is 0 Å². The Kier molecular flexibility index (Phi) is 9.73. The summed E-state index contributed by atoms with van der Waals surface area (Å²) in [6, 6.07) is 0. The summed E-state index contributed by atoms with van der Waals surface area (Å²) in [6.45, 7) is 1.95. The molecule has 0 rings (SSSR count). The van der Waals surface area contributed by atoms with E-state index >= 15 is 0 Å². The maximum Gasteiger partial charge on any atom is 0.694 e. The Morgan fingerprint density at radius 3 is 2.29 bits per heavy atom.